The molecular weight excluding hydrogens is 294 g/mol. The minimum Gasteiger partial charge on any atom is -0.376 e. The van der Waals surface area contributed by atoms with Crippen molar-refractivity contribution in [3.8, 4) is 0 Å². The van der Waals surface area contributed by atoms with E-state index >= 15 is 0 Å². The zero-order chi connectivity index (χ0) is 16.7. The largest absolute Gasteiger partial charge is 0.376 e. The lowest BCUT2D eigenvalue weighted by Gasteiger charge is -2.41. The van der Waals surface area contributed by atoms with Gasteiger partial charge >= 0.3 is 0 Å². The third-order valence-corrected chi connectivity index (χ3v) is 8.07. The van der Waals surface area contributed by atoms with Crippen LogP contribution in [0.2, 0.25) is 19.6 Å². The highest BCUT2D eigenvalue weighted by atomic mass is 28.3. The molecule has 0 bridgehead atoms. The van der Waals surface area contributed by atoms with Crippen molar-refractivity contribution in [1.82, 2.24) is 0 Å². The molecule has 0 heterocycles. The molecule has 0 saturated heterocycles. The summed E-state index contributed by atoms with van der Waals surface area (Å²) in [5, 5.41) is 5.83. The van der Waals surface area contributed by atoms with Crippen LogP contribution in [0.5, 0.6) is 0 Å². The normalized spacial score (nSPS) is 28.2. The Morgan fingerprint density at radius 1 is 1.22 bits per heavy atom. The van der Waals surface area contributed by atoms with Crippen molar-refractivity contribution in [2.45, 2.75) is 64.7 Å². The molecule has 0 amide bonds. The van der Waals surface area contributed by atoms with E-state index in [0.717, 1.165) is 5.92 Å². The fourth-order valence-electron chi connectivity index (χ4n) is 4.96. The van der Waals surface area contributed by atoms with Gasteiger partial charge in [-0.1, -0.05) is 61.1 Å². The van der Waals surface area contributed by atoms with Gasteiger partial charge in [0, 0.05) is 5.69 Å². The van der Waals surface area contributed by atoms with Crippen LogP contribution in [0.3, 0.4) is 0 Å². The van der Waals surface area contributed by atoms with Gasteiger partial charge in [0.15, 0.2) is 0 Å². The smallest absolute Gasteiger partial charge is 0.0758 e. The van der Waals surface area contributed by atoms with E-state index in [4.69, 9.17) is 0 Å². The van der Waals surface area contributed by atoms with Gasteiger partial charge in [0.2, 0.25) is 0 Å². The third-order valence-electron chi connectivity index (χ3n) is 5.82. The van der Waals surface area contributed by atoms with Crippen LogP contribution in [0.25, 0.3) is 0 Å². The molecule has 0 aromatic heterocycles. The van der Waals surface area contributed by atoms with Crippen molar-refractivity contribution < 1.29 is 0 Å². The molecule has 23 heavy (non-hydrogen) atoms. The molecule has 2 atom stereocenters. The van der Waals surface area contributed by atoms with Crippen molar-refractivity contribution in [1.29, 1.82) is 0 Å². The Hall–Kier alpha value is -1.28. The van der Waals surface area contributed by atoms with Crippen LogP contribution in [-0.2, 0) is 0 Å². The number of anilines is 1. The molecule has 2 aliphatic carbocycles. The zero-order valence-corrected chi connectivity index (χ0v) is 16.4. The molecule has 0 aliphatic heterocycles. The molecule has 2 heteroatoms. The van der Waals surface area contributed by atoms with Crippen LogP contribution in [0.4, 0.5) is 5.69 Å². The number of hydrogen-bond donors (Lipinski definition) is 1. The summed E-state index contributed by atoms with van der Waals surface area (Å²) < 4.78 is 0. The monoisotopic (exact) mass is 325 g/mol. The lowest BCUT2D eigenvalue weighted by Crippen LogP contribution is -2.48. The first-order chi connectivity index (χ1) is 10.9. The van der Waals surface area contributed by atoms with E-state index in [9.17, 15) is 0 Å². The van der Waals surface area contributed by atoms with Gasteiger partial charge in [0.25, 0.3) is 0 Å². The van der Waals surface area contributed by atoms with Crippen molar-refractivity contribution in [3.05, 3.63) is 52.8 Å². The fourth-order valence-corrected chi connectivity index (χ4v) is 7.90. The molecule has 1 fully saturated rings. The van der Waals surface area contributed by atoms with E-state index in [0.29, 0.717) is 0 Å². The standard InChI is InChI=1S/C21H31NSi/c1-6-16(2)19-15-17-11-10-14-21(17,20(19)23(3,4)5)22-18-12-8-7-9-13-18/h6-9,12-13,17,22H,10-11,14-15H2,1-5H3/b16-6+/t17-,21+/m1/s1. The third kappa shape index (κ3) is 2.82. The molecule has 124 valence electrons. The minimum atomic E-state index is -1.40. The van der Waals surface area contributed by atoms with Crippen molar-refractivity contribution in [3.63, 3.8) is 0 Å². The van der Waals surface area contributed by atoms with Crippen LogP contribution in [0.1, 0.15) is 39.5 Å². The van der Waals surface area contributed by atoms with E-state index in [-0.39, 0.29) is 5.54 Å². The highest BCUT2D eigenvalue weighted by Gasteiger charge is 2.54. The highest BCUT2D eigenvalue weighted by molar-refractivity contribution is 6.83. The quantitative estimate of drug-likeness (QED) is 0.652. The van der Waals surface area contributed by atoms with Crippen molar-refractivity contribution in [2.24, 2.45) is 5.92 Å². The zero-order valence-electron chi connectivity index (χ0n) is 15.4. The van der Waals surface area contributed by atoms with Gasteiger partial charge < -0.3 is 5.32 Å². The molecule has 1 aromatic rings. The number of para-hydroxylation sites is 1. The van der Waals surface area contributed by atoms with Crippen LogP contribution in [0.15, 0.2) is 52.8 Å². The van der Waals surface area contributed by atoms with Gasteiger partial charge in [-0.25, -0.2) is 0 Å². The molecule has 2 aliphatic rings. The number of hydrogen-bond acceptors (Lipinski definition) is 1. The Balaban J connectivity index is 2.12. The van der Waals surface area contributed by atoms with Crippen LogP contribution in [0, 0.1) is 5.92 Å². The molecule has 0 unspecified atom stereocenters. The summed E-state index contributed by atoms with van der Waals surface area (Å²) in [5.41, 5.74) is 4.69. The van der Waals surface area contributed by atoms with E-state index in [1.807, 2.05) is 0 Å². The molecule has 1 nitrogen and oxygen atoms in total. The minimum absolute atomic E-state index is 0.214. The fraction of sp³-hybridized carbons (Fsp3) is 0.524. The van der Waals surface area contributed by atoms with Crippen LogP contribution >= 0.6 is 0 Å². The van der Waals surface area contributed by atoms with E-state index in [1.54, 1.807) is 10.8 Å². The summed E-state index contributed by atoms with van der Waals surface area (Å²) >= 11 is 0. The van der Waals surface area contributed by atoms with Gasteiger partial charge in [0.05, 0.1) is 13.6 Å². The second-order valence-electron chi connectivity index (χ2n) is 8.33. The van der Waals surface area contributed by atoms with Crippen molar-refractivity contribution in [2.75, 3.05) is 5.32 Å². The molecule has 1 aromatic carbocycles. The maximum Gasteiger partial charge on any atom is 0.0758 e. The van der Waals surface area contributed by atoms with E-state index in [2.05, 4.69) is 75.2 Å². The molecule has 0 radical (unpaired) electrons. The maximum atomic E-state index is 4.03. The predicted molar refractivity (Wildman–Crippen MR) is 105 cm³/mol. The lowest BCUT2D eigenvalue weighted by atomic mass is 9.89. The molecule has 3 rings (SSSR count). The van der Waals surface area contributed by atoms with Crippen molar-refractivity contribution >= 4 is 13.8 Å². The second-order valence-corrected chi connectivity index (χ2v) is 13.3. The van der Waals surface area contributed by atoms with Gasteiger partial charge in [-0.3, -0.25) is 0 Å². The van der Waals surface area contributed by atoms with Gasteiger partial charge in [0.1, 0.15) is 0 Å². The summed E-state index contributed by atoms with van der Waals surface area (Å²) in [7, 11) is -1.40. The maximum absolute atomic E-state index is 4.03. The van der Waals surface area contributed by atoms with Crippen LogP contribution in [-0.4, -0.2) is 13.6 Å². The summed E-state index contributed by atoms with van der Waals surface area (Å²) in [4.78, 5) is 0. The first kappa shape index (κ1) is 16.6. The lowest BCUT2D eigenvalue weighted by molar-refractivity contribution is 0.441. The first-order valence-electron chi connectivity index (χ1n) is 9.09. The summed E-state index contributed by atoms with van der Waals surface area (Å²) in [6.07, 6.45) is 7.62. The van der Waals surface area contributed by atoms with Gasteiger partial charge in [-0.05, 0) is 56.7 Å². The number of benzene rings is 1. The molecule has 1 N–H and O–H groups in total. The van der Waals surface area contributed by atoms with E-state index < -0.39 is 8.07 Å². The van der Waals surface area contributed by atoms with Gasteiger partial charge in [-0.15, -0.1) is 0 Å². The Kier molecular flexibility index (Phi) is 4.30. The average Bonchev–Trinajstić information content (AvgIpc) is 3.01. The summed E-state index contributed by atoms with van der Waals surface area (Å²) in [5.74, 6) is 0.773. The first-order valence-corrected chi connectivity index (χ1v) is 12.6. The second kappa shape index (κ2) is 5.97. The predicted octanol–water partition coefficient (Wildman–Crippen LogP) is 6.18. The summed E-state index contributed by atoms with van der Waals surface area (Å²) in [6.45, 7) is 12.1. The molecular formula is C21H31NSi. The Morgan fingerprint density at radius 3 is 2.52 bits per heavy atom. The molecule has 1 saturated carbocycles. The number of fused-ring (bicyclic) bond motifs is 1. The Morgan fingerprint density at radius 2 is 1.91 bits per heavy atom. The highest BCUT2D eigenvalue weighted by Crippen LogP contribution is 2.56. The SMILES string of the molecule is C/C=C(\C)C1=C([Si](C)(C)C)[C@]2(Nc3ccccc3)CCC[C@@H]2C1. The molecule has 0 spiro atoms. The average molecular weight is 326 g/mol. The van der Waals surface area contributed by atoms with E-state index in [1.165, 1.54) is 36.9 Å². The number of rotatable bonds is 4. The Labute approximate surface area is 142 Å². The van der Waals surface area contributed by atoms with Gasteiger partial charge in [-0.2, -0.15) is 0 Å². The summed E-state index contributed by atoms with van der Waals surface area (Å²) in [6, 6.07) is 10.9. The number of nitrogens with one attached hydrogen (secondary N) is 1. The Bertz CT molecular complexity index is 636. The van der Waals surface area contributed by atoms with Crippen LogP contribution < -0.4 is 5.32 Å². The topological polar surface area (TPSA) is 12.0 Å². The number of allylic oxidation sites excluding steroid dienone is 3.